The molecule has 0 radical (unpaired) electrons. The van der Waals surface area contributed by atoms with Crippen molar-refractivity contribution in [1.29, 1.82) is 0 Å². The molecule has 0 bridgehead atoms. The minimum absolute atomic E-state index is 0.857. The molecule has 9 aliphatic rings. The van der Waals surface area contributed by atoms with Gasteiger partial charge in [-0.2, -0.15) is 16.8 Å². The summed E-state index contributed by atoms with van der Waals surface area (Å²) in [4.78, 5) is 64.5. The van der Waals surface area contributed by atoms with E-state index in [2.05, 4.69) is 35.0 Å². The molecule has 32 N–H and O–H groups in total. The molecule has 9 fully saturated rings. The van der Waals surface area contributed by atoms with Gasteiger partial charge in [0.15, 0.2) is 56.6 Å². The number of carbonyl (C=O) groups excluding carboxylic acids is 5. The zero-order valence-corrected chi connectivity index (χ0v) is 72.7. The van der Waals surface area contributed by atoms with Crippen molar-refractivity contribution in [2.75, 3.05) is 66.1 Å². The van der Waals surface area contributed by atoms with Gasteiger partial charge in [-0.25, -0.2) is 8.37 Å². The monoisotopic (exact) mass is 1990 g/mol. The fourth-order valence-corrected chi connectivity index (χ4v) is 17.3. The standard InChI is InChI=1S/C70H119N5O56S2/c1-17-37(90)47(100)50(103)66(114-17)112-15-24(89)53(38(91)23(7-76)71-18(2)84)123-62-33(72-19(3)85)44(97)55(29(12-81)118-62)125-67-51(104)58(127-70-61(49(102)40(93)26(9-78)117-70)129-65-34(73-20(4)86)43(96)54(28(11-80)119-65)124-63-36(75-22(6)88)46(99)57(31(14-83)121-63)130-132(106,107)108)42(95)32(122-67)16-113-69-60(48(101)39(92)25(8-77)116-69)128-64-35(74-21(5)87)45(98)56(30(13-82)120-64)126-68-52(105)59(131-133(109,110)111)41(94)27(10-79)115-68/h17,23-70,76-83,89-105H,7-16H2,1-6H3,(H,71,84)(H,72,85)(H,73,86)(H,74,87)(H,75,88)(H,106,107,108)(H,109,110,111)/t17-,23-,24+,25+,26+,27+,28+,29+,30+,31+,32+,33+,34+,35+,36+,37+,38+,39+,40+,41-,42+,43+,44+,45+,46+,47+,48-,49-,50-,51-,52+,53+,54+,55+,56+,57-,58-,59-,60-,61-,62-,63-,64-,65-,66+,67-,68-,69-,70+/m0/s1. The SMILES string of the molecule is CC(=O)N[C@H]1[C@H](O[C@H]2[C@H](O)[C@@H](NC(C)=O)[C@H](O[C@@H]3[C@@H](O[C@@H]4[C@H](O)[C@H](O[C@H]5[C@H](O)[C@@H](NC(C)=O)[C@H](O[C@@H]([C@H](O)[C@H](CO)NC(C)=O)[C@H](O)CO[C@@H]6O[C@@H](C)[C@@H](O)[C@@H](O)[C@@H]6O)O[C@@H]5CO)O[C@H](CO[C@H]5O[C@H](CO)[C@@H](O)[C@H](O)[C@@H]5O[C@@H]5O[C@H](CO)[C@@H](O[C@@H]6O[C@H](CO)[C@H](O)[C@H](OS(=O)(=O)O)[C@H]6O)[C@H](O)[C@H]5NC(C)=O)[C@H]4O)O[C@H](CO)[C@@H](O)[C@@H]3O)O[C@@H]2CO)O[C@H](CO)[C@H](OS(=O)(=O)O)[C@@H]1O. The predicted molar refractivity (Wildman–Crippen MR) is 409 cm³/mol. The molecule has 0 aromatic carbocycles. The molecule has 5 amide bonds. The Morgan fingerprint density at radius 2 is 0.647 bits per heavy atom. The molecule has 63 heteroatoms. The summed E-state index contributed by atoms with van der Waals surface area (Å²) in [5.41, 5.74) is 0. The highest BCUT2D eigenvalue weighted by molar-refractivity contribution is 7.81. The lowest BCUT2D eigenvalue weighted by atomic mass is 9.94. The molecule has 9 saturated heterocycles. The van der Waals surface area contributed by atoms with Crippen LogP contribution in [0.5, 0.6) is 0 Å². The van der Waals surface area contributed by atoms with Gasteiger partial charge < -0.3 is 240 Å². The molecular formula is C70H119N5O56S2. The van der Waals surface area contributed by atoms with Crippen LogP contribution in [0.25, 0.3) is 0 Å². The van der Waals surface area contributed by atoms with Gasteiger partial charge in [0.1, 0.15) is 232 Å². The van der Waals surface area contributed by atoms with Crippen LogP contribution in [-0.2, 0) is 138 Å². The van der Waals surface area contributed by atoms with Crippen LogP contribution in [-0.4, -0.2) is 550 Å². The van der Waals surface area contributed by atoms with E-state index < -0.39 is 417 Å². The average molecular weight is 1990 g/mol. The van der Waals surface area contributed by atoms with Gasteiger partial charge in [0.25, 0.3) is 0 Å². The highest BCUT2D eigenvalue weighted by atomic mass is 32.3. The molecular weight excluding hydrogens is 1870 g/mol. The molecule has 0 aliphatic carbocycles. The van der Waals surface area contributed by atoms with Gasteiger partial charge in [-0.1, -0.05) is 0 Å². The maximum absolute atomic E-state index is 13.3. The highest BCUT2D eigenvalue weighted by Gasteiger charge is 2.62. The quantitative estimate of drug-likeness (QED) is 0.0253. The van der Waals surface area contributed by atoms with Gasteiger partial charge in [-0.15, -0.1) is 0 Å². The van der Waals surface area contributed by atoms with E-state index in [4.69, 9.17) is 85.3 Å². The topological polar surface area (TPSA) is 945 Å². The van der Waals surface area contributed by atoms with Gasteiger partial charge in [-0.05, 0) is 6.92 Å². The third-order valence-corrected chi connectivity index (χ3v) is 23.8. The number of hydrogen-bond donors (Lipinski definition) is 32. The first-order valence-electron chi connectivity index (χ1n) is 41.2. The lowest BCUT2D eigenvalue weighted by molar-refractivity contribution is -0.398. The summed E-state index contributed by atoms with van der Waals surface area (Å²) in [7, 11) is -11.0. The number of nitrogens with one attached hydrogen (secondary N) is 5. The fraction of sp³-hybridized carbons (Fsp3) is 0.929. The van der Waals surface area contributed by atoms with Crippen LogP contribution in [0.3, 0.4) is 0 Å². The second-order valence-electron chi connectivity index (χ2n) is 32.5. The van der Waals surface area contributed by atoms with Crippen molar-refractivity contribution in [2.24, 2.45) is 0 Å². The molecule has 0 aromatic heterocycles. The summed E-state index contributed by atoms with van der Waals surface area (Å²) in [5, 5.41) is 294. The lowest BCUT2D eigenvalue weighted by Crippen LogP contribution is -2.71. The normalized spacial score (nSPS) is 44.3. The number of aliphatic hydroxyl groups excluding tert-OH is 25. The van der Waals surface area contributed by atoms with Crippen molar-refractivity contribution >= 4 is 50.3 Å². The van der Waals surface area contributed by atoms with Gasteiger partial charge in [0.05, 0.1) is 78.2 Å². The number of rotatable bonds is 40. The van der Waals surface area contributed by atoms with Crippen molar-refractivity contribution in [2.45, 2.75) is 342 Å². The predicted octanol–water partition coefficient (Wildman–Crippen LogP) is -21.8. The number of aliphatic hydroxyl groups is 25. The summed E-state index contributed by atoms with van der Waals surface area (Å²) in [6.45, 7) is -6.67. The summed E-state index contributed by atoms with van der Waals surface area (Å²) >= 11 is 0. The second-order valence-corrected chi connectivity index (χ2v) is 34.6. The summed E-state index contributed by atoms with van der Waals surface area (Å²) in [6, 6.07) is -10.1. The second kappa shape index (κ2) is 48.7. The number of hydrogen-bond acceptors (Lipinski definition) is 54. The number of amides is 5. The number of carbonyl (C=O) groups is 5. The van der Waals surface area contributed by atoms with E-state index >= 15 is 0 Å². The molecule has 772 valence electrons. The first-order valence-corrected chi connectivity index (χ1v) is 44.0. The van der Waals surface area contributed by atoms with Crippen LogP contribution in [0.2, 0.25) is 0 Å². The molecule has 9 rings (SSSR count). The number of ether oxygens (including phenoxy) is 18. The first kappa shape index (κ1) is 112. The average Bonchev–Trinajstić information content (AvgIpc) is 0.763. The smallest absolute Gasteiger partial charge is 0.394 e. The Balaban J connectivity index is 1.08. The van der Waals surface area contributed by atoms with E-state index in [0.29, 0.717) is 0 Å². The molecule has 0 spiro atoms. The summed E-state index contributed by atoms with van der Waals surface area (Å²) < 4.78 is 182. The Bertz CT molecular complexity index is 3930. The molecule has 61 nitrogen and oxygen atoms in total. The van der Waals surface area contributed by atoms with Gasteiger partial charge in [0.2, 0.25) is 29.5 Å². The van der Waals surface area contributed by atoms with Gasteiger partial charge in [0, 0.05) is 34.6 Å². The van der Waals surface area contributed by atoms with Crippen LogP contribution in [0.15, 0.2) is 0 Å². The Hall–Kier alpha value is -4.63. The van der Waals surface area contributed by atoms with Crippen molar-refractivity contribution in [1.82, 2.24) is 26.6 Å². The van der Waals surface area contributed by atoms with E-state index in [9.17, 15) is 178 Å². The molecule has 9 aliphatic heterocycles. The Morgan fingerprint density at radius 3 is 1.06 bits per heavy atom. The first-order chi connectivity index (χ1) is 62.4. The van der Waals surface area contributed by atoms with E-state index in [0.717, 1.165) is 34.6 Å². The Morgan fingerprint density at radius 1 is 0.316 bits per heavy atom. The minimum atomic E-state index is -5.53. The van der Waals surface area contributed by atoms with Crippen LogP contribution < -0.4 is 26.6 Å². The largest absolute Gasteiger partial charge is 0.397 e. The molecule has 0 saturated carbocycles. The maximum atomic E-state index is 13.3. The Labute approximate surface area is 753 Å². The van der Waals surface area contributed by atoms with E-state index in [-0.39, 0.29) is 0 Å². The van der Waals surface area contributed by atoms with Crippen molar-refractivity contribution in [3.05, 3.63) is 0 Å². The van der Waals surface area contributed by atoms with Crippen molar-refractivity contribution in [3.8, 4) is 0 Å². The van der Waals surface area contributed by atoms with Gasteiger partial charge in [-0.3, -0.25) is 33.1 Å². The van der Waals surface area contributed by atoms with Crippen LogP contribution in [0, 0.1) is 0 Å². The maximum Gasteiger partial charge on any atom is 0.397 e. The van der Waals surface area contributed by atoms with E-state index in [1.54, 1.807) is 0 Å². The molecule has 0 unspecified atom stereocenters. The lowest BCUT2D eigenvalue weighted by Gasteiger charge is -2.51. The highest BCUT2D eigenvalue weighted by Crippen LogP contribution is 2.41. The molecule has 9 heterocycles. The summed E-state index contributed by atoms with van der Waals surface area (Å²) in [5.74, 6) is -5.06. The third-order valence-electron chi connectivity index (χ3n) is 22.9. The summed E-state index contributed by atoms with van der Waals surface area (Å²) in [6.07, 6.45) is -98.3. The zero-order valence-electron chi connectivity index (χ0n) is 71.1. The molecule has 133 heavy (non-hydrogen) atoms. The van der Waals surface area contributed by atoms with Crippen LogP contribution in [0.4, 0.5) is 0 Å². The minimum Gasteiger partial charge on any atom is -0.394 e. The van der Waals surface area contributed by atoms with E-state index in [1.165, 1.54) is 6.92 Å². The van der Waals surface area contributed by atoms with Crippen LogP contribution in [0.1, 0.15) is 41.5 Å². The molecule has 0 aromatic rings. The van der Waals surface area contributed by atoms with E-state index in [1.807, 2.05) is 0 Å². The van der Waals surface area contributed by atoms with Crippen LogP contribution >= 0.6 is 0 Å². The van der Waals surface area contributed by atoms with Crippen molar-refractivity contribution < 1.29 is 271 Å². The Kier molecular flexibility index (Phi) is 41.0. The zero-order chi connectivity index (χ0) is 98.9. The fourth-order valence-electron chi connectivity index (χ4n) is 16.3. The van der Waals surface area contributed by atoms with Crippen molar-refractivity contribution in [3.63, 3.8) is 0 Å². The molecule has 49 atom stereocenters. The third kappa shape index (κ3) is 27.2. The van der Waals surface area contributed by atoms with Gasteiger partial charge >= 0.3 is 20.8 Å².